The molecule has 4 heteroatoms. The van der Waals surface area contributed by atoms with Gasteiger partial charge in [-0.3, -0.25) is 0 Å². The van der Waals surface area contributed by atoms with Gasteiger partial charge in [0, 0.05) is 0 Å². The van der Waals surface area contributed by atoms with Crippen LogP contribution in [0, 0.1) is 23.2 Å². The minimum atomic E-state index is -1.54. The summed E-state index contributed by atoms with van der Waals surface area (Å²) in [5.74, 6) is 2.40. The zero-order valence-corrected chi connectivity index (χ0v) is 23.7. The van der Waals surface area contributed by atoms with Crippen molar-refractivity contribution >= 4 is 8.32 Å². The molecular formula is C28H54O3Si. The van der Waals surface area contributed by atoms with Gasteiger partial charge in [0.05, 0.1) is 12.2 Å². The van der Waals surface area contributed by atoms with E-state index in [1.165, 1.54) is 69.5 Å². The van der Waals surface area contributed by atoms with Crippen molar-refractivity contribution in [3.63, 3.8) is 0 Å². The van der Waals surface area contributed by atoms with Crippen LogP contribution in [0.2, 0.25) is 18.1 Å². The summed E-state index contributed by atoms with van der Waals surface area (Å²) in [6.45, 7) is 20.0. The van der Waals surface area contributed by atoms with Gasteiger partial charge in [-0.1, -0.05) is 59.1 Å². The molecule has 0 aromatic heterocycles. The van der Waals surface area contributed by atoms with Gasteiger partial charge in [0.15, 0.2) is 8.32 Å². The van der Waals surface area contributed by atoms with Crippen LogP contribution >= 0.6 is 0 Å². The molecule has 32 heavy (non-hydrogen) atoms. The van der Waals surface area contributed by atoms with Crippen molar-refractivity contribution < 1.29 is 14.2 Å². The van der Waals surface area contributed by atoms with Gasteiger partial charge in [-0.2, -0.15) is 0 Å². The minimum Gasteiger partial charge on any atom is -0.412 e. The van der Waals surface area contributed by atoms with Crippen molar-refractivity contribution in [1.29, 1.82) is 0 Å². The maximum atomic E-state index is 6.86. The largest absolute Gasteiger partial charge is 0.412 e. The van der Waals surface area contributed by atoms with Crippen molar-refractivity contribution in [2.75, 3.05) is 13.2 Å². The third-order valence-electron chi connectivity index (χ3n) is 9.20. The van der Waals surface area contributed by atoms with Crippen LogP contribution < -0.4 is 0 Å². The molecule has 2 fully saturated rings. The molecule has 188 valence electrons. The molecule has 2 saturated carbocycles. The maximum Gasteiger partial charge on any atom is 0.192 e. The summed E-state index contributed by atoms with van der Waals surface area (Å²) >= 11 is 0. The smallest absolute Gasteiger partial charge is 0.192 e. The van der Waals surface area contributed by atoms with E-state index in [4.69, 9.17) is 14.2 Å². The van der Waals surface area contributed by atoms with E-state index < -0.39 is 8.32 Å². The molecule has 4 atom stereocenters. The van der Waals surface area contributed by atoms with E-state index in [1.807, 2.05) is 6.92 Å². The Labute approximate surface area is 201 Å². The average Bonchev–Trinajstić information content (AvgIpc) is 3.12. The van der Waals surface area contributed by atoms with Crippen LogP contribution in [-0.4, -0.2) is 27.1 Å². The summed E-state index contributed by atoms with van der Waals surface area (Å²) in [5, 5.41) is 0. The predicted octanol–water partition coefficient (Wildman–Crippen LogP) is 8.70. The summed E-state index contributed by atoms with van der Waals surface area (Å²) in [6.07, 6.45) is 12.9. The third-order valence-corrected chi connectivity index (χ3v) is 14.1. The van der Waals surface area contributed by atoms with Crippen LogP contribution in [0.1, 0.15) is 107 Å². The molecule has 2 aliphatic carbocycles. The lowest BCUT2D eigenvalue weighted by molar-refractivity contribution is -0.282. The van der Waals surface area contributed by atoms with Crippen molar-refractivity contribution in [3.8, 4) is 0 Å². The van der Waals surface area contributed by atoms with Gasteiger partial charge in [0.2, 0.25) is 0 Å². The number of hydrogen-bond acceptors (Lipinski definition) is 3. The Morgan fingerprint density at radius 3 is 2.41 bits per heavy atom. The molecule has 0 radical (unpaired) electrons. The lowest BCUT2D eigenvalue weighted by Crippen LogP contribution is -2.44. The number of rotatable bonds is 14. The van der Waals surface area contributed by atoms with Gasteiger partial charge in [0.25, 0.3) is 0 Å². The fraction of sp³-hybridized carbons (Fsp3) is 0.929. The lowest BCUT2D eigenvalue weighted by Gasteiger charge is -2.44. The number of fused-ring (bicyclic) bond motifs is 1. The fourth-order valence-corrected chi connectivity index (χ4v) is 10.4. The first-order valence-corrected chi connectivity index (χ1v) is 16.3. The quantitative estimate of drug-likeness (QED) is 0.0842. The molecule has 0 N–H and O–H groups in total. The first-order chi connectivity index (χ1) is 15.2. The molecule has 2 unspecified atom stereocenters. The van der Waals surface area contributed by atoms with Crippen molar-refractivity contribution in [3.05, 3.63) is 11.6 Å². The van der Waals surface area contributed by atoms with E-state index in [0.29, 0.717) is 18.6 Å². The van der Waals surface area contributed by atoms with E-state index in [0.717, 1.165) is 17.8 Å². The second-order valence-corrected chi connectivity index (χ2v) is 16.2. The standard InChI is InChI=1S/C28H54O3Si/c1-9-29-30-22-19-24-16-14-21-28(8)25(17-18-26(24)28)23(5)15-13-20-27(6,7)31-32(10-2,11-3)12-4/h19,23,25-26H,9-18,20-22H2,1-8H3/b24-19+/t23-,25?,26?,28-/m1/s1. The molecule has 0 saturated heterocycles. The van der Waals surface area contributed by atoms with Gasteiger partial charge in [-0.25, -0.2) is 9.78 Å². The predicted molar refractivity (Wildman–Crippen MR) is 139 cm³/mol. The van der Waals surface area contributed by atoms with E-state index in [1.54, 1.807) is 5.57 Å². The first-order valence-electron chi connectivity index (χ1n) is 13.8. The Balaban J connectivity index is 1.91. The molecule has 0 heterocycles. The SMILES string of the molecule is CCOOC/C=C1\CCC[C@@]2(C)C1CCC2[C@H](C)CCCC(C)(C)O[Si](CC)(CC)CC. The van der Waals surface area contributed by atoms with Crippen LogP contribution in [0.15, 0.2) is 11.6 Å². The van der Waals surface area contributed by atoms with E-state index in [-0.39, 0.29) is 5.60 Å². The van der Waals surface area contributed by atoms with Crippen LogP contribution in [0.5, 0.6) is 0 Å². The summed E-state index contributed by atoms with van der Waals surface area (Å²) in [6, 6.07) is 3.73. The van der Waals surface area contributed by atoms with Crippen LogP contribution in [0.4, 0.5) is 0 Å². The van der Waals surface area contributed by atoms with Crippen LogP contribution in [0.25, 0.3) is 0 Å². The summed E-state index contributed by atoms with van der Waals surface area (Å²) in [7, 11) is -1.54. The zero-order chi connectivity index (χ0) is 23.8. The van der Waals surface area contributed by atoms with Crippen molar-refractivity contribution in [2.45, 2.75) is 130 Å². The molecule has 0 spiro atoms. The Hall–Kier alpha value is -0.163. The van der Waals surface area contributed by atoms with Gasteiger partial charge >= 0.3 is 0 Å². The molecule has 0 amide bonds. The Morgan fingerprint density at radius 1 is 1.09 bits per heavy atom. The Kier molecular flexibility index (Phi) is 11.0. The second kappa shape index (κ2) is 12.5. The monoisotopic (exact) mass is 466 g/mol. The van der Waals surface area contributed by atoms with Crippen LogP contribution in [0.3, 0.4) is 0 Å². The second-order valence-electron chi connectivity index (χ2n) is 11.5. The highest BCUT2D eigenvalue weighted by molar-refractivity contribution is 6.73. The summed E-state index contributed by atoms with van der Waals surface area (Å²) < 4.78 is 6.86. The highest BCUT2D eigenvalue weighted by Gasteiger charge is 2.50. The van der Waals surface area contributed by atoms with E-state index >= 15 is 0 Å². The molecular weight excluding hydrogens is 412 g/mol. The van der Waals surface area contributed by atoms with Gasteiger partial charge in [-0.15, -0.1) is 0 Å². The molecule has 0 bridgehead atoms. The molecule has 0 aliphatic heterocycles. The van der Waals surface area contributed by atoms with E-state index in [9.17, 15) is 0 Å². The summed E-state index contributed by atoms with van der Waals surface area (Å²) in [5.41, 5.74) is 2.13. The van der Waals surface area contributed by atoms with Crippen molar-refractivity contribution in [1.82, 2.24) is 0 Å². The lowest BCUT2D eigenvalue weighted by atomic mass is 9.60. The number of allylic oxidation sites excluding steroid dienone is 1. The van der Waals surface area contributed by atoms with Gasteiger partial charge in [-0.05, 0) is 101 Å². The topological polar surface area (TPSA) is 27.7 Å². The normalized spacial score (nSPS) is 28.8. The molecule has 0 aromatic carbocycles. The number of hydrogen-bond donors (Lipinski definition) is 0. The average molecular weight is 467 g/mol. The Bertz CT molecular complexity index is 575. The third kappa shape index (κ3) is 6.93. The Morgan fingerprint density at radius 2 is 1.78 bits per heavy atom. The van der Waals surface area contributed by atoms with E-state index in [2.05, 4.69) is 54.5 Å². The molecule has 3 nitrogen and oxygen atoms in total. The highest BCUT2D eigenvalue weighted by Crippen LogP contribution is 2.59. The minimum absolute atomic E-state index is 0.0252. The summed E-state index contributed by atoms with van der Waals surface area (Å²) in [4.78, 5) is 10.4. The molecule has 2 rings (SSSR count). The molecule has 2 aliphatic rings. The van der Waals surface area contributed by atoms with Crippen molar-refractivity contribution in [2.24, 2.45) is 23.2 Å². The molecule has 0 aromatic rings. The van der Waals surface area contributed by atoms with Gasteiger partial charge in [0.1, 0.15) is 6.61 Å². The van der Waals surface area contributed by atoms with Crippen LogP contribution in [-0.2, 0) is 14.2 Å². The fourth-order valence-electron chi connectivity index (χ4n) is 7.19. The first kappa shape index (κ1) is 28.1. The zero-order valence-electron chi connectivity index (χ0n) is 22.7. The maximum absolute atomic E-state index is 6.86. The highest BCUT2D eigenvalue weighted by atomic mass is 28.4. The van der Waals surface area contributed by atoms with Gasteiger partial charge < -0.3 is 4.43 Å².